The number of hydrogen-bond donors (Lipinski definition) is 1. The molecule has 1 amide bonds. The molecule has 0 aliphatic heterocycles. The van der Waals surface area contributed by atoms with E-state index >= 15 is 0 Å². The van der Waals surface area contributed by atoms with Crippen molar-refractivity contribution in [2.45, 2.75) is 20.0 Å². The third kappa shape index (κ3) is 7.23. The molecule has 0 unspecified atom stereocenters. The standard InChI is InChI=1S/C19H21Cl2N3O4S/c1-13(2)28-16-7-4-14(5-8-16)11-22-23-19(25)12-24(29(3,26)27)18-10-15(20)6-9-17(18)21/h4-11,13H,12H2,1-3H3,(H,23,25)/b22-11-. The molecular formula is C19H21Cl2N3O4S. The van der Waals surface area contributed by atoms with Crippen LogP contribution in [0.25, 0.3) is 0 Å². The summed E-state index contributed by atoms with van der Waals surface area (Å²) in [5.41, 5.74) is 3.15. The van der Waals surface area contributed by atoms with Gasteiger partial charge in [0, 0.05) is 5.02 Å². The van der Waals surface area contributed by atoms with E-state index in [4.69, 9.17) is 27.9 Å². The number of hydrogen-bond acceptors (Lipinski definition) is 5. The quantitative estimate of drug-likeness (QED) is 0.483. The van der Waals surface area contributed by atoms with E-state index in [2.05, 4.69) is 10.5 Å². The molecule has 0 radical (unpaired) electrons. The smallest absolute Gasteiger partial charge is 0.260 e. The van der Waals surface area contributed by atoms with Crippen LogP contribution in [0, 0.1) is 0 Å². The van der Waals surface area contributed by atoms with Crippen LogP contribution in [0.5, 0.6) is 5.75 Å². The molecule has 156 valence electrons. The molecule has 0 bridgehead atoms. The van der Waals surface area contributed by atoms with Gasteiger partial charge in [0.15, 0.2) is 0 Å². The fourth-order valence-corrected chi connectivity index (χ4v) is 3.60. The van der Waals surface area contributed by atoms with E-state index in [-0.39, 0.29) is 16.8 Å². The van der Waals surface area contributed by atoms with Gasteiger partial charge in [-0.05, 0) is 61.9 Å². The highest BCUT2D eigenvalue weighted by Crippen LogP contribution is 2.30. The van der Waals surface area contributed by atoms with E-state index in [1.54, 1.807) is 24.3 Å². The highest BCUT2D eigenvalue weighted by atomic mass is 35.5. The van der Waals surface area contributed by atoms with Gasteiger partial charge < -0.3 is 4.74 Å². The van der Waals surface area contributed by atoms with Crippen molar-refractivity contribution in [3.63, 3.8) is 0 Å². The van der Waals surface area contributed by atoms with Crippen molar-refractivity contribution >= 4 is 51.0 Å². The first-order valence-electron chi connectivity index (χ1n) is 8.57. The van der Waals surface area contributed by atoms with E-state index in [0.717, 1.165) is 21.9 Å². The molecule has 0 fully saturated rings. The lowest BCUT2D eigenvalue weighted by molar-refractivity contribution is -0.119. The molecule has 0 saturated carbocycles. The summed E-state index contributed by atoms with van der Waals surface area (Å²) in [6, 6.07) is 11.5. The van der Waals surface area contributed by atoms with Crippen LogP contribution in [-0.4, -0.2) is 39.4 Å². The molecule has 0 aliphatic carbocycles. The van der Waals surface area contributed by atoms with Crippen molar-refractivity contribution in [3.8, 4) is 5.75 Å². The molecule has 2 aromatic rings. The van der Waals surface area contributed by atoms with Crippen molar-refractivity contribution in [3.05, 3.63) is 58.1 Å². The second kappa shape index (κ2) is 9.96. The van der Waals surface area contributed by atoms with Gasteiger partial charge in [-0.3, -0.25) is 9.10 Å². The third-order valence-electron chi connectivity index (χ3n) is 3.52. The molecule has 0 saturated heterocycles. The van der Waals surface area contributed by atoms with Crippen LogP contribution >= 0.6 is 23.2 Å². The predicted molar refractivity (Wildman–Crippen MR) is 117 cm³/mol. The van der Waals surface area contributed by atoms with E-state index in [0.29, 0.717) is 5.02 Å². The van der Waals surface area contributed by atoms with Crippen LogP contribution in [-0.2, 0) is 14.8 Å². The lowest BCUT2D eigenvalue weighted by Crippen LogP contribution is -2.39. The Hall–Kier alpha value is -2.29. The number of carbonyl (C=O) groups excluding carboxylic acids is 1. The number of carbonyl (C=O) groups is 1. The summed E-state index contributed by atoms with van der Waals surface area (Å²) in [5, 5.41) is 4.30. The number of sulfonamides is 1. The molecule has 10 heteroatoms. The largest absolute Gasteiger partial charge is 0.491 e. The van der Waals surface area contributed by atoms with Crippen LogP contribution in [0.15, 0.2) is 47.6 Å². The van der Waals surface area contributed by atoms with Crippen LogP contribution < -0.4 is 14.5 Å². The Morgan fingerprint density at radius 3 is 2.45 bits per heavy atom. The van der Waals surface area contributed by atoms with Gasteiger partial charge in [0.25, 0.3) is 5.91 Å². The molecule has 0 atom stereocenters. The first kappa shape index (κ1) is 23.0. The van der Waals surface area contributed by atoms with Crippen LogP contribution in [0.3, 0.4) is 0 Å². The van der Waals surface area contributed by atoms with Gasteiger partial charge in [-0.2, -0.15) is 5.10 Å². The first-order valence-corrected chi connectivity index (χ1v) is 11.2. The molecule has 0 heterocycles. The van der Waals surface area contributed by atoms with Gasteiger partial charge in [-0.25, -0.2) is 13.8 Å². The summed E-state index contributed by atoms with van der Waals surface area (Å²) in [7, 11) is -3.78. The number of nitrogens with one attached hydrogen (secondary N) is 1. The summed E-state index contributed by atoms with van der Waals surface area (Å²) in [6.45, 7) is 3.36. The predicted octanol–water partition coefficient (Wildman–Crippen LogP) is 3.70. The Balaban J connectivity index is 2.05. The zero-order chi connectivity index (χ0) is 21.6. The molecule has 7 nitrogen and oxygen atoms in total. The average Bonchev–Trinajstić information content (AvgIpc) is 2.62. The van der Waals surface area contributed by atoms with E-state index < -0.39 is 22.5 Å². The topological polar surface area (TPSA) is 88.1 Å². The average molecular weight is 458 g/mol. The number of hydrazone groups is 1. The summed E-state index contributed by atoms with van der Waals surface area (Å²) in [5.74, 6) is 0.0888. The molecule has 0 spiro atoms. The van der Waals surface area contributed by atoms with Crippen LogP contribution in [0.1, 0.15) is 19.4 Å². The molecule has 2 rings (SSSR count). The maximum Gasteiger partial charge on any atom is 0.260 e. The molecule has 1 N–H and O–H groups in total. The number of nitrogens with zero attached hydrogens (tertiary/aromatic N) is 2. The monoisotopic (exact) mass is 457 g/mol. The fraction of sp³-hybridized carbons (Fsp3) is 0.263. The molecule has 0 aromatic heterocycles. The lowest BCUT2D eigenvalue weighted by atomic mass is 10.2. The van der Waals surface area contributed by atoms with Crippen molar-refractivity contribution in [1.29, 1.82) is 0 Å². The van der Waals surface area contributed by atoms with Gasteiger partial charge in [0.2, 0.25) is 10.0 Å². The molecule has 2 aromatic carbocycles. The van der Waals surface area contributed by atoms with Gasteiger partial charge in [-0.1, -0.05) is 23.2 Å². The summed E-state index contributed by atoms with van der Waals surface area (Å²) in [4.78, 5) is 12.2. The summed E-state index contributed by atoms with van der Waals surface area (Å²) < 4.78 is 30.7. The highest BCUT2D eigenvalue weighted by Gasteiger charge is 2.23. The zero-order valence-corrected chi connectivity index (χ0v) is 18.4. The normalized spacial score (nSPS) is 11.7. The number of ether oxygens (including phenoxy) is 1. The SMILES string of the molecule is CC(C)Oc1ccc(/C=N\NC(=O)CN(c2cc(Cl)ccc2Cl)S(C)(=O)=O)cc1. The summed E-state index contributed by atoms with van der Waals surface area (Å²) in [6.07, 6.45) is 2.48. The Bertz CT molecular complexity index is 993. The Labute approximate surface area is 180 Å². The molecule has 0 aliphatic rings. The number of rotatable bonds is 8. The maximum absolute atomic E-state index is 12.2. The minimum atomic E-state index is -3.78. The Morgan fingerprint density at radius 1 is 1.21 bits per heavy atom. The number of halogens is 2. The van der Waals surface area contributed by atoms with Crippen molar-refractivity contribution < 1.29 is 17.9 Å². The Kier molecular flexibility index (Phi) is 7.89. The van der Waals surface area contributed by atoms with E-state index in [1.165, 1.54) is 24.4 Å². The minimum absolute atomic E-state index is 0.0691. The third-order valence-corrected chi connectivity index (χ3v) is 5.20. The lowest BCUT2D eigenvalue weighted by Gasteiger charge is -2.22. The molecule has 29 heavy (non-hydrogen) atoms. The molecular weight excluding hydrogens is 437 g/mol. The van der Waals surface area contributed by atoms with Crippen molar-refractivity contribution in [2.75, 3.05) is 17.1 Å². The first-order chi connectivity index (χ1) is 13.6. The number of amides is 1. The summed E-state index contributed by atoms with van der Waals surface area (Å²) >= 11 is 12.0. The fourth-order valence-electron chi connectivity index (χ4n) is 2.31. The van der Waals surface area contributed by atoms with Crippen LogP contribution in [0.2, 0.25) is 10.0 Å². The Morgan fingerprint density at radius 2 is 1.86 bits per heavy atom. The van der Waals surface area contributed by atoms with E-state index in [1.807, 2.05) is 13.8 Å². The zero-order valence-electron chi connectivity index (χ0n) is 16.1. The number of anilines is 1. The maximum atomic E-state index is 12.2. The minimum Gasteiger partial charge on any atom is -0.491 e. The van der Waals surface area contributed by atoms with Gasteiger partial charge in [0.1, 0.15) is 12.3 Å². The highest BCUT2D eigenvalue weighted by molar-refractivity contribution is 7.92. The second-order valence-electron chi connectivity index (χ2n) is 6.39. The van der Waals surface area contributed by atoms with Gasteiger partial charge >= 0.3 is 0 Å². The van der Waals surface area contributed by atoms with Crippen LogP contribution in [0.4, 0.5) is 5.69 Å². The van der Waals surface area contributed by atoms with Gasteiger partial charge in [-0.15, -0.1) is 0 Å². The van der Waals surface area contributed by atoms with Crippen molar-refractivity contribution in [1.82, 2.24) is 5.43 Å². The second-order valence-corrected chi connectivity index (χ2v) is 9.14. The number of benzene rings is 2. The van der Waals surface area contributed by atoms with E-state index in [9.17, 15) is 13.2 Å². The van der Waals surface area contributed by atoms with Crippen molar-refractivity contribution in [2.24, 2.45) is 5.10 Å². The van der Waals surface area contributed by atoms with Gasteiger partial charge in [0.05, 0.1) is 29.3 Å².